The summed E-state index contributed by atoms with van der Waals surface area (Å²) in [5.41, 5.74) is 3.29. The number of likely N-dealkylation sites (tertiary alicyclic amines) is 2. The molecule has 2 aliphatic heterocycles. The van der Waals surface area contributed by atoms with Crippen LogP contribution in [-0.4, -0.2) is 82.9 Å². The van der Waals surface area contributed by atoms with E-state index in [0.717, 1.165) is 24.0 Å². The minimum atomic E-state index is -0.475. The fourth-order valence-corrected chi connectivity index (χ4v) is 5.30. The number of nitrogens with one attached hydrogen (secondary N) is 3. The van der Waals surface area contributed by atoms with Crippen molar-refractivity contribution < 1.29 is 19.2 Å². The van der Waals surface area contributed by atoms with E-state index in [-0.39, 0.29) is 36.0 Å². The largest absolute Gasteiger partial charge is 0.336 e. The highest BCUT2D eigenvalue weighted by molar-refractivity contribution is 5.98. The number of benzene rings is 2. The van der Waals surface area contributed by atoms with Gasteiger partial charge in [0, 0.05) is 43.6 Å². The summed E-state index contributed by atoms with van der Waals surface area (Å²) in [6.07, 6.45) is 6.86. The van der Waals surface area contributed by atoms with Gasteiger partial charge < -0.3 is 30.7 Å². The standard InChI is InChI=1S/C33H44N6O4/c1-22(2)34-32(42)38-20-6-8-28(38)30(40)35-26-16-12-24(13-17-26)10-11-25-14-18-27(19-15-25)36-31(41)29-9-7-21-39(29)33(43)37(5)23(3)4/h10-19,22-23,28-29H,6-9,20-21H2,1-5H3,(H,34,42)(H,35,40)(H,36,41)/b11-10+/t28-,29-/m0/s1. The Bertz CT molecular complexity index is 1320. The molecule has 0 bridgehead atoms. The minimum absolute atomic E-state index is 0.0133. The van der Waals surface area contributed by atoms with Crippen LogP contribution >= 0.6 is 0 Å². The van der Waals surface area contributed by atoms with Crippen LogP contribution in [0.25, 0.3) is 12.2 Å². The third kappa shape index (κ3) is 8.15. The summed E-state index contributed by atoms with van der Waals surface area (Å²) in [5.74, 6) is -0.347. The highest BCUT2D eigenvalue weighted by Gasteiger charge is 2.36. The highest BCUT2D eigenvalue weighted by atomic mass is 16.2. The molecule has 6 amide bonds. The Morgan fingerprint density at radius 2 is 1.19 bits per heavy atom. The van der Waals surface area contributed by atoms with Crippen molar-refractivity contribution in [2.24, 2.45) is 0 Å². The molecule has 2 saturated heterocycles. The van der Waals surface area contributed by atoms with Crippen molar-refractivity contribution in [3.8, 4) is 0 Å². The third-order valence-electron chi connectivity index (χ3n) is 7.93. The SMILES string of the molecule is CC(C)NC(=O)N1CCC[C@H]1C(=O)Nc1ccc(/C=C/c2ccc(NC(=O)[C@@H]3CCCN3C(=O)N(C)C(C)C)cc2)cc1. The van der Waals surface area contributed by atoms with Crippen molar-refractivity contribution >= 4 is 47.4 Å². The zero-order chi connectivity index (χ0) is 31.1. The van der Waals surface area contributed by atoms with Crippen LogP contribution < -0.4 is 16.0 Å². The Balaban J connectivity index is 1.29. The van der Waals surface area contributed by atoms with E-state index in [9.17, 15) is 19.2 Å². The van der Waals surface area contributed by atoms with E-state index < -0.39 is 12.1 Å². The second kappa shape index (κ2) is 14.2. The molecule has 10 heteroatoms. The molecule has 230 valence electrons. The van der Waals surface area contributed by atoms with E-state index in [2.05, 4.69) is 16.0 Å². The lowest BCUT2D eigenvalue weighted by Gasteiger charge is -2.31. The smallest absolute Gasteiger partial charge is 0.320 e. The minimum Gasteiger partial charge on any atom is -0.336 e. The molecule has 10 nitrogen and oxygen atoms in total. The van der Waals surface area contributed by atoms with Crippen LogP contribution in [0, 0.1) is 0 Å². The molecule has 2 fully saturated rings. The lowest BCUT2D eigenvalue weighted by Crippen LogP contribution is -2.49. The van der Waals surface area contributed by atoms with Crippen LogP contribution in [-0.2, 0) is 9.59 Å². The summed E-state index contributed by atoms with van der Waals surface area (Å²) in [5, 5.41) is 8.77. The molecule has 2 atom stereocenters. The van der Waals surface area contributed by atoms with E-state index >= 15 is 0 Å². The zero-order valence-electron chi connectivity index (χ0n) is 25.8. The molecule has 0 aromatic heterocycles. The van der Waals surface area contributed by atoms with Gasteiger partial charge in [-0.1, -0.05) is 36.4 Å². The predicted molar refractivity (Wildman–Crippen MR) is 170 cm³/mol. The fraction of sp³-hybridized carbons (Fsp3) is 0.455. The van der Waals surface area contributed by atoms with Gasteiger partial charge in [0.1, 0.15) is 12.1 Å². The van der Waals surface area contributed by atoms with Gasteiger partial charge in [-0.2, -0.15) is 0 Å². The van der Waals surface area contributed by atoms with E-state index in [4.69, 9.17) is 0 Å². The van der Waals surface area contributed by atoms with Gasteiger partial charge in [0.05, 0.1) is 0 Å². The Morgan fingerprint density at radius 1 is 0.744 bits per heavy atom. The first-order chi connectivity index (χ1) is 20.5. The zero-order valence-corrected chi connectivity index (χ0v) is 25.8. The normalized spacial score (nSPS) is 18.4. The number of carbonyl (C=O) groups is 4. The Morgan fingerprint density at radius 3 is 1.63 bits per heavy atom. The Hall–Kier alpha value is -4.34. The van der Waals surface area contributed by atoms with Gasteiger partial charge in [0.15, 0.2) is 0 Å². The molecule has 0 aliphatic carbocycles. The first-order valence-electron chi connectivity index (χ1n) is 15.1. The van der Waals surface area contributed by atoms with Crippen LogP contribution in [0.1, 0.15) is 64.5 Å². The molecular formula is C33H44N6O4. The fourth-order valence-electron chi connectivity index (χ4n) is 5.30. The molecule has 0 saturated carbocycles. The van der Waals surface area contributed by atoms with E-state index in [1.54, 1.807) is 21.7 Å². The first-order valence-corrected chi connectivity index (χ1v) is 15.1. The van der Waals surface area contributed by atoms with Gasteiger partial charge in [-0.15, -0.1) is 0 Å². The molecule has 0 radical (unpaired) electrons. The van der Waals surface area contributed by atoms with E-state index in [1.807, 2.05) is 88.4 Å². The third-order valence-corrected chi connectivity index (χ3v) is 7.93. The quantitative estimate of drug-likeness (QED) is 0.366. The van der Waals surface area contributed by atoms with Gasteiger partial charge in [-0.3, -0.25) is 9.59 Å². The number of carbonyl (C=O) groups excluding carboxylic acids is 4. The topological polar surface area (TPSA) is 114 Å². The lowest BCUT2D eigenvalue weighted by molar-refractivity contribution is -0.120. The summed E-state index contributed by atoms with van der Waals surface area (Å²) in [6.45, 7) is 8.87. The van der Waals surface area contributed by atoms with Gasteiger partial charge >= 0.3 is 12.1 Å². The van der Waals surface area contributed by atoms with Crippen molar-refractivity contribution in [3.63, 3.8) is 0 Å². The number of hydrogen-bond donors (Lipinski definition) is 3. The number of anilines is 2. The van der Waals surface area contributed by atoms with Crippen LogP contribution in [0.15, 0.2) is 48.5 Å². The number of nitrogens with zero attached hydrogens (tertiary/aromatic N) is 3. The molecular weight excluding hydrogens is 544 g/mol. The number of urea groups is 2. The Kier molecular flexibility index (Phi) is 10.4. The predicted octanol–water partition coefficient (Wildman–Crippen LogP) is 5.24. The van der Waals surface area contributed by atoms with Gasteiger partial charge in [0.2, 0.25) is 11.8 Å². The van der Waals surface area contributed by atoms with Crippen LogP contribution in [0.5, 0.6) is 0 Å². The second-order valence-corrected chi connectivity index (χ2v) is 11.9. The summed E-state index contributed by atoms with van der Waals surface area (Å²) < 4.78 is 0. The number of hydrogen-bond acceptors (Lipinski definition) is 4. The maximum atomic E-state index is 13.0. The summed E-state index contributed by atoms with van der Waals surface area (Å²) in [6, 6.07) is 13.9. The maximum Gasteiger partial charge on any atom is 0.320 e. The molecule has 2 aromatic carbocycles. The molecule has 2 heterocycles. The molecule has 2 aliphatic rings. The average molecular weight is 589 g/mol. The molecule has 3 N–H and O–H groups in total. The van der Waals surface area contributed by atoms with Crippen molar-refractivity contribution in [2.75, 3.05) is 30.8 Å². The molecule has 43 heavy (non-hydrogen) atoms. The number of rotatable bonds is 8. The van der Waals surface area contributed by atoms with Crippen molar-refractivity contribution in [2.45, 2.75) is 77.5 Å². The van der Waals surface area contributed by atoms with Crippen LogP contribution in [0.4, 0.5) is 21.0 Å². The molecule has 0 spiro atoms. The van der Waals surface area contributed by atoms with Crippen molar-refractivity contribution in [1.82, 2.24) is 20.0 Å². The summed E-state index contributed by atoms with van der Waals surface area (Å²) in [4.78, 5) is 56.1. The van der Waals surface area contributed by atoms with Gasteiger partial charge in [-0.05, 0) is 88.8 Å². The van der Waals surface area contributed by atoms with E-state index in [0.29, 0.717) is 37.3 Å². The molecule has 0 unspecified atom stereocenters. The van der Waals surface area contributed by atoms with Crippen molar-refractivity contribution in [1.29, 1.82) is 0 Å². The van der Waals surface area contributed by atoms with Gasteiger partial charge in [-0.25, -0.2) is 9.59 Å². The maximum absolute atomic E-state index is 13.0. The second-order valence-electron chi connectivity index (χ2n) is 11.9. The monoisotopic (exact) mass is 588 g/mol. The van der Waals surface area contributed by atoms with Crippen LogP contribution in [0.2, 0.25) is 0 Å². The summed E-state index contributed by atoms with van der Waals surface area (Å²) >= 11 is 0. The average Bonchev–Trinajstić information content (AvgIpc) is 3.67. The first kappa shape index (κ1) is 31.6. The Labute approximate surface area is 254 Å². The van der Waals surface area contributed by atoms with Crippen molar-refractivity contribution in [3.05, 3.63) is 59.7 Å². The lowest BCUT2D eigenvalue weighted by atomic mass is 10.1. The van der Waals surface area contributed by atoms with Crippen LogP contribution in [0.3, 0.4) is 0 Å². The highest BCUT2D eigenvalue weighted by Crippen LogP contribution is 2.23. The molecule has 2 aromatic rings. The molecule has 4 rings (SSSR count). The summed E-state index contributed by atoms with van der Waals surface area (Å²) in [7, 11) is 1.76. The van der Waals surface area contributed by atoms with Gasteiger partial charge in [0.25, 0.3) is 0 Å². The number of amides is 6. The van der Waals surface area contributed by atoms with E-state index in [1.165, 1.54) is 0 Å².